The van der Waals surface area contributed by atoms with Crippen molar-refractivity contribution in [1.29, 1.82) is 0 Å². The van der Waals surface area contributed by atoms with E-state index >= 15 is 0 Å². The van der Waals surface area contributed by atoms with E-state index in [-0.39, 0.29) is 0 Å². The fraction of sp³-hybridized carbons (Fsp3) is 0.250. The van der Waals surface area contributed by atoms with Gasteiger partial charge in [-0.25, -0.2) is 0 Å². The second kappa shape index (κ2) is 2.53. The molecule has 1 rings (SSSR count). The smallest absolute Gasteiger partial charge is 0.0590 e. The monoisotopic (exact) mass is 186 g/mol. The standard InChI is InChI=1S/C8H9Br/c1-6-3-4-7(2)8(9)5-6/h3-5H,1-2H3/i3T. The highest BCUT2D eigenvalue weighted by Crippen LogP contribution is 2.16. The SMILES string of the molecule is [3H]c1cc(C)c(Br)cc1C. The molecule has 0 saturated heterocycles. The van der Waals surface area contributed by atoms with Crippen LogP contribution in [0.4, 0.5) is 0 Å². The Labute approximate surface area is 65.4 Å². The van der Waals surface area contributed by atoms with Gasteiger partial charge in [-0.15, -0.1) is 0 Å². The van der Waals surface area contributed by atoms with Crippen molar-refractivity contribution >= 4 is 15.9 Å². The largest absolute Gasteiger partial charge is 0.0626 e. The van der Waals surface area contributed by atoms with Crippen LogP contribution in [-0.2, 0) is 0 Å². The van der Waals surface area contributed by atoms with Gasteiger partial charge in [0, 0.05) is 4.47 Å². The van der Waals surface area contributed by atoms with Gasteiger partial charge >= 0.3 is 0 Å². The predicted molar refractivity (Wildman–Crippen MR) is 43.6 cm³/mol. The van der Waals surface area contributed by atoms with Crippen LogP contribution < -0.4 is 0 Å². The van der Waals surface area contributed by atoms with E-state index in [9.17, 15) is 0 Å². The Hall–Kier alpha value is -0.300. The lowest BCUT2D eigenvalue weighted by molar-refractivity contribution is 1.37. The quantitative estimate of drug-likeness (QED) is 0.585. The molecule has 0 unspecified atom stereocenters. The lowest BCUT2D eigenvalue weighted by Gasteiger charge is -1.96. The van der Waals surface area contributed by atoms with Crippen LogP contribution in [0, 0.1) is 13.8 Å². The zero-order chi connectivity index (χ0) is 7.72. The lowest BCUT2D eigenvalue weighted by atomic mass is 10.2. The van der Waals surface area contributed by atoms with Crippen molar-refractivity contribution in [3.63, 3.8) is 0 Å². The molecule has 1 aromatic rings. The van der Waals surface area contributed by atoms with Crippen LogP contribution in [0.15, 0.2) is 22.6 Å². The molecule has 0 atom stereocenters. The fourth-order valence-electron chi connectivity index (χ4n) is 0.637. The number of rotatable bonds is 0. The third-order valence-electron chi connectivity index (χ3n) is 1.24. The maximum Gasteiger partial charge on any atom is 0.0626 e. The van der Waals surface area contributed by atoms with Crippen molar-refractivity contribution < 1.29 is 1.37 Å². The Morgan fingerprint density at radius 1 is 1.56 bits per heavy atom. The van der Waals surface area contributed by atoms with Gasteiger partial charge in [-0.05, 0) is 31.0 Å². The molecule has 0 amide bonds. The van der Waals surface area contributed by atoms with Crippen LogP contribution in [0.2, 0.25) is 0 Å². The van der Waals surface area contributed by atoms with Gasteiger partial charge in [0.25, 0.3) is 0 Å². The summed E-state index contributed by atoms with van der Waals surface area (Å²) in [5, 5.41) is 0. The number of halogens is 1. The van der Waals surface area contributed by atoms with Gasteiger partial charge in [0.15, 0.2) is 0 Å². The topological polar surface area (TPSA) is 0 Å². The molecule has 0 saturated carbocycles. The molecule has 0 nitrogen and oxygen atoms in total. The first kappa shape index (κ1) is 5.48. The van der Waals surface area contributed by atoms with E-state index in [1.54, 1.807) is 0 Å². The molecule has 1 heteroatoms. The highest BCUT2D eigenvalue weighted by atomic mass is 79.9. The van der Waals surface area contributed by atoms with Crippen molar-refractivity contribution in [1.82, 2.24) is 0 Å². The van der Waals surface area contributed by atoms with Gasteiger partial charge in [0.2, 0.25) is 0 Å². The maximum absolute atomic E-state index is 7.44. The summed E-state index contributed by atoms with van der Waals surface area (Å²) in [5.74, 6) is 0. The molecule has 0 fully saturated rings. The number of hydrogen-bond acceptors (Lipinski definition) is 0. The third kappa shape index (κ3) is 1.55. The maximum atomic E-state index is 7.44. The molecular formula is C8H9Br. The van der Waals surface area contributed by atoms with E-state index in [1.807, 2.05) is 26.0 Å². The van der Waals surface area contributed by atoms with E-state index < -0.39 is 0 Å². The Balaban J connectivity index is 3.28. The first-order valence-electron chi connectivity index (χ1n) is 3.34. The minimum absolute atomic E-state index is 0.612. The summed E-state index contributed by atoms with van der Waals surface area (Å²) in [6.45, 7) is 3.92. The van der Waals surface area contributed by atoms with Crippen LogP contribution in [-0.4, -0.2) is 0 Å². The highest BCUT2D eigenvalue weighted by Gasteiger charge is 1.90. The molecule has 0 aliphatic heterocycles. The van der Waals surface area contributed by atoms with Crippen molar-refractivity contribution in [3.05, 3.63) is 33.8 Å². The third-order valence-corrected chi connectivity index (χ3v) is 2.09. The fourth-order valence-corrected chi connectivity index (χ4v) is 1.09. The Bertz CT molecular complexity index is 205. The first-order valence-corrected chi connectivity index (χ1v) is 3.64. The number of aryl methyl sites for hydroxylation is 2. The van der Waals surface area contributed by atoms with Gasteiger partial charge < -0.3 is 0 Å². The van der Waals surface area contributed by atoms with Crippen molar-refractivity contribution in [2.75, 3.05) is 0 Å². The molecule has 0 spiro atoms. The summed E-state index contributed by atoms with van der Waals surface area (Å²) in [6.07, 6.45) is 0. The summed E-state index contributed by atoms with van der Waals surface area (Å²) < 4.78 is 8.52. The summed E-state index contributed by atoms with van der Waals surface area (Å²) in [4.78, 5) is 0. The molecular weight excluding hydrogens is 176 g/mol. The Morgan fingerprint density at radius 2 is 2.22 bits per heavy atom. The molecule has 0 aromatic heterocycles. The van der Waals surface area contributed by atoms with Crippen molar-refractivity contribution in [3.8, 4) is 0 Å². The first-order chi connectivity index (χ1) is 4.61. The second-order valence-corrected chi connectivity index (χ2v) is 3.00. The summed E-state index contributed by atoms with van der Waals surface area (Å²) >= 11 is 3.40. The van der Waals surface area contributed by atoms with Crippen molar-refractivity contribution in [2.24, 2.45) is 0 Å². The highest BCUT2D eigenvalue weighted by molar-refractivity contribution is 9.10. The van der Waals surface area contributed by atoms with Crippen LogP contribution in [0.5, 0.6) is 0 Å². The summed E-state index contributed by atoms with van der Waals surface area (Å²) in [5.41, 5.74) is 2.13. The summed E-state index contributed by atoms with van der Waals surface area (Å²) in [7, 11) is 0. The second-order valence-electron chi connectivity index (χ2n) is 2.15. The molecule has 0 N–H and O–H groups in total. The Morgan fingerprint density at radius 3 is 2.78 bits per heavy atom. The zero-order valence-corrected chi connectivity index (χ0v) is 7.12. The van der Waals surface area contributed by atoms with Crippen LogP contribution >= 0.6 is 15.9 Å². The van der Waals surface area contributed by atoms with Crippen LogP contribution in [0.3, 0.4) is 0 Å². The average Bonchev–Trinajstić information content (AvgIpc) is 1.84. The van der Waals surface area contributed by atoms with Gasteiger partial charge in [-0.3, -0.25) is 0 Å². The molecule has 0 aliphatic rings. The Kier molecular flexibility index (Phi) is 1.54. The van der Waals surface area contributed by atoms with Gasteiger partial charge in [0.1, 0.15) is 0 Å². The van der Waals surface area contributed by atoms with Gasteiger partial charge in [-0.1, -0.05) is 28.0 Å². The average molecular weight is 187 g/mol. The molecule has 1 aromatic carbocycles. The van der Waals surface area contributed by atoms with Gasteiger partial charge in [-0.2, -0.15) is 0 Å². The molecule has 0 heterocycles. The van der Waals surface area contributed by atoms with Crippen LogP contribution in [0.1, 0.15) is 12.5 Å². The normalized spacial score (nSPS) is 11.2. The number of benzene rings is 1. The van der Waals surface area contributed by atoms with Crippen LogP contribution in [0.25, 0.3) is 0 Å². The predicted octanol–water partition coefficient (Wildman–Crippen LogP) is 3.07. The molecule has 9 heavy (non-hydrogen) atoms. The molecule has 0 bridgehead atoms. The van der Waals surface area contributed by atoms with E-state index in [0.717, 1.165) is 15.6 Å². The lowest BCUT2D eigenvalue weighted by Crippen LogP contribution is -1.75. The van der Waals surface area contributed by atoms with E-state index in [4.69, 9.17) is 1.37 Å². The van der Waals surface area contributed by atoms with E-state index in [0.29, 0.717) is 6.04 Å². The van der Waals surface area contributed by atoms with Gasteiger partial charge in [0.05, 0.1) is 1.37 Å². The molecule has 48 valence electrons. The van der Waals surface area contributed by atoms with E-state index in [2.05, 4.69) is 15.9 Å². The minimum Gasteiger partial charge on any atom is -0.0590 e. The molecule has 0 radical (unpaired) electrons. The summed E-state index contributed by atoms with van der Waals surface area (Å²) in [6, 6.07) is 4.44. The van der Waals surface area contributed by atoms with E-state index in [1.165, 1.54) is 0 Å². The minimum atomic E-state index is 0.612. The zero-order valence-electron chi connectivity index (χ0n) is 6.53. The molecule has 0 aliphatic carbocycles. The number of hydrogen-bond donors (Lipinski definition) is 0. The van der Waals surface area contributed by atoms with Crippen molar-refractivity contribution in [2.45, 2.75) is 13.8 Å².